The molecule has 0 bridgehead atoms. The van der Waals surface area contributed by atoms with Crippen molar-refractivity contribution in [2.45, 2.75) is 11.5 Å². The summed E-state index contributed by atoms with van der Waals surface area (Å²) in [6.45, 7) is 0.582. The smallest absolute Gasteiger partial charge is 0.133 e. The van der Waals surface area contributed by atoms with Gasteiger partial charge in [0.15, 0.2) is 0 Å². The van der Waals surface area contributed by atoms with Gasteiger partial charge < -0.3 is 10.5 Å². The lowest BCUT2D eigenvalue weighted by molar-refractivity contribution is 0.298. The van der Waals surface area contributed by atoms with Crippen molar-refractivity contribution in [1.29, 1.82) is 0 Å². The van der Waals surface area contributed by atoms with Crippen LogP contribution in [0, 0.1) is 17.7 Å². The van der Waals surface area contributed by atoms with Gasteiger partial charge in [-0.05, 0) is 30.5 Å². The molecule has 2 N–H and O–H groups in total. The maximum Gasteiger partial charge on any atom is 0.133 e. The van der Waals surface area contributed by atoms with E-state index in [1.54, 1.807) is 17.8 Å². The summed E-state index contributed by atoms with van der Waals surface area (Å²) in [4.78, 5) is 1.06. The van der Waals surface area contributed by atoms with Crippen molar-refractivity contribution in [3.63, 3.8) is 0 Å². The normalized spacial score (nSPS) is 9.86. The van der Waals surface area contributed by atoms with E-state index < -0.39 is 0 Å². The molecule has 2 aromatic rings. The summed E-state index contributed by atoms with van der Waals surface area (Å²) in [6, 6.07) is 12.3. The van der Waals surface area contributed by atoms with Gasteiger partial charge in [0.1, 0.15) is 18.2 Å². The number of thioether (sulfide) groups is 1. The average Bonchev–Trinajstić information content (AvgIpc) is 2.52. The molecule has 0 aliphatic carbocycles. The van der Waals surface area contributed by atoms with Crippen LogP contribution in [0.1, 0.15) is 11.1 Å². The zero-order chi connectivity index (χ0) is 15.1. The van der Waals surface area contributed by atoms with Crippen LogP contribution in [0.2, 0.25) is 0 Å². The van der Waals surface area contributed by atoms with Crippen LogP contribution in [0.15, 0.2) is 47.4 Å². The van der Waals surface area contributed by atoms with Crippen LogP contribution >= 0.6 is 11.8 Å². The minimum atomic E-state index is -0.315. The Labute approximate surface area is 128 Å². The zero-order valence-corrected chi connectivity index (χ0v) is 12.5. The van der Waals surface area contributed by atoms with Crippen LogP contribution in [0.3, 0.4) is 0 Å². The summed E-state index contributed by atoms with van der Waals surface area (Å²) in [5, 5.41) is 0. The molecular formula is C17H16FNOS. The Bertz CT molecular complexity index is 676. The minimum absolute atomic E-state index is 0.242. The Kier molecular flexibility index (Phi) is 5.68. The number of halogens is 1. The molecular weight excluding hydrogens is 285 g/mol. The number of rotatable bonds is 4. The Morgan fingerprint density at radius 1 is 1.24 bits per heavy atom. The van der Waals surface area contributed by atoms with Crippen molar-refractivity contribution in [2.75, 3.05) is 12.8 Å². The predicted molar refractivity (Wildman–Crippen MR) is 84.9 cm³/mol. The average molecular weight is 301 g/mol. The number of para-hydroxylation sites is 1. The van der Waals surface area contributed by atoms with Crippen LogP contribution in [0.5, 0.6) is 5.75 Å². The maximum absolute atomic E-state index is 13.3. The summed E-state index contributed by atoms with van der Waals surface area (Å²) in [7, 11) is 0. The molecule has 0 radical (unpaired) electrons. The zero-order valence-electron chi connectivity index (χ0n) is 11.7. The predicted octanol–water partition coefficient (Wildman–Crippen LogP) is 3.44. The molecule has 21 heavy (non-hydrogen) atoms. The van der Waals surface area contributed by atoms with Crippen molar-refractivity contribution in [1.82, 2.24) is 0 Å². The van der Waals surface area contributed by atoms with E-state index in [1.165, 1.54) is 12.1 Å². The highest BCUT2D eigenvalue weighted by Gasteiger charge is 2.06. The Hall–Kier alpha value is -1.96. The quantitative estimate of drug-likeness (QED) is 0.694. The molecule has 0 aliphatic heterocycles. The van der Waals surface area contributed by atoms with Crippen molar-refractivity contribution in [2.24, 2.45) is 5.73 Å². The van der Waals surface area contributed by atoms with E-state index in [0.29, 0.717) is 12.2 Å². The molecule has 2 rings (SSSR count). The first-order valence-corrected chi connectivity index (χ1v) is 7.70. The Morgan fingerprint density at radius 2 is 2.05 bits per heavy atom. The van der Waals surface area contributed by atoms with Crippen LogP contribution in [-0.4, -0.2) is 12.8 Å². The highest BCUT2D eigenvalue weighted by molar-refractivity contribution is 7.98. The van der Waals surface area contributed by atoms with Gasteiger partial charge in [-0.1, -0.05) is 30.0 Å². The van der Waals surface area contributed by atoms with Crippen molar-refractivity contribution in [3.05, 3.63) is 59.4 Å². The van der Waals surface area contributed by atoms with E-state index >= 15 is 0 Å². The molecule has 0 saturated carbocycles. The Balaban J connectivity index is 2.20. The summed E-state index contributed by atoms with van der Waals surface area (Å²) >= 11 is 1.62. The third-order valence-electron chi connectivity index (χ3n) is 2.85. The summed E-state index contributed by atoms with van der Waals surface area (Å²) in [5.41, 5.74) is 6.82. The topological polar surface area (TPSA) is 35.2 Å². The maximum atomic E-state index is 13.3. The second-order valence-electron chi connectivity index (χ2n) is 4.25. The third kappa shape index (κ3) is 4.25. The standard InChI is InChI=1S/C17H16FNOS/c1-21-17-7-3-2-6-16(17)20-12-14-8-9-15(18)11-13(14)5-4-10-19/h2-3,6-9,11H,10,12,19H2,1H3. The monoisotopic (exact) mass is 301 g/mol. The first kappa shape index (κ1) is 15.4. The lowest BCUT2D eigenvalue weighted by Crippen LogP contribution is -2.00. The van der Waals surface area contributed by atoms with Gasteiger partial charge in [0.25, 0.3) is 0 Å². The molecule has 0 fully saturated rings. The number of hydrogen-bond acceptors (Lipinski definition) is 3. The van der Waals surface area contributed by atoms with Crippen molar-refractivity contribution >= 4 is 11.8 Å². The van der Waals surface area contributed by atoms with Crippen LogP contribution in [-0.2, 0) is 6.61 Å². The van der Waals surface area contributed by atoms with Gasteiger partial charge in [-0.3, -0.25) is 0 Å². The van der Waals surface area contributed by atoms with Crippen LogP contribution < -0.4 is 10.5 Å². The highest BCUT2D eigenvalue weighted by atomic mass is 32.2. The fourth-order valence-corrected chi connectivity index (χ4v) is 2.37. The van der Waals surface area contributed by atoms with Crippen molar-refractivity contribution < 1.29 is 9.13 Å². The largest absolute Gasteiger partial charge is 0.488 e. The van der Waals surface area contributed by atoms with Gasteiger partial charge >= 0.3 is 0 Å². The van der Waals surface area contributed by atoms with Crippen LogP contribution in [0.25, 0.3) is 0 Å². The number of benzene rings is 2. The van der Waals surface area contributed by atoms with Crippen molar-refractivity contribution in [3.8, 4) is 17.6 Å². The number of ether oxygens (including phenoxy) is 1. The molecule has 0 saturated heterocycles. The second-order valence-corrected chi connectivity index (χ2v) is 5.09. The molecule has 0 heterocycles. The third-order valence-corrected chi connectivity index (χ3v) is 3.63. The molecule has 0 spiro atoms. The molecule has 108 valence electrons. The lowest BCUT2D eigenvalue weighted by atomic mass is 10.1. The summed E-state index contributed by atoms with van der Waals surface area (Å²) in [5.74, 6) is 6.12. The van der Waals surface area contributed by atoms with Gasteiger partial charge in [-0.15, -0.1) is 11.8 Å². The minimum Gasteiger partial charge on any atom is -0.488 e. The first-order chi connectivity index (χ1) is 10.2. The fourth-order valence-electron chi connectivity index (χ4n) is 1.83. The molecule has 2 aromatic carbocycles. The van der Waals surface area contributed by atoms with E-state index in [1.807, 2.05) is 30.5 Å². The van der Waals surface area contributed by atoms with Gasteiger partial charge in [-0.2, -0.15) is 0 Å². The van der Waals surface area contributed by atoms with Gasteiger partial charge in [0.05, 0.1) is 6.54 Å². The molecule has 0 aromatic heterocycles. The highest BCUT2D eigenvalue weighted by Crippen LogP contribution is 2.27. The molecule has 2 nitrogen and oxygen atoms in total. The Morgan fingerprint density at radius 3 is 2.81 bits per heavy atom. The molecule has 0 amide bonds. The van der Waals surface area contributed by atoms with E-state index in [9.17, 15) is 4.39 Å². The van der Waals surface area contributed by atoms with E-state index in [0.717, 1.165) is 16.2 Å². The van der Waals surface area contributed by atoms with Gasteiger partial charge in [0, 0.05) is 16.0 Å². The van der Waals surface area contributed by atoms with E-state index in [-0.39, 0.29) is 12.4 Å². The second kappa shape index (κ2) is 7.72. The van der Waals surface area contributed by atoms with Gasteiger partial charge in [0.2, 0.25) is 0 Å². The van der Waals surface area contributed by atoms with Gasteiger partial charge in [-0.25, -0.2) is 4.39 Å². The molecule has 0 aliphatic rings. The molecule has 0 atom stereocenters. The molecule has 0 unspecified atom stereocenters. The summed E-state index contributed by atoms with van der Waals surface area (Å²) in [6.07, 6.45) is 2.00. The van der Waals surface area contributed by atoms with Crippen LogP contribution in [0.4, 0.5) is 4.39 Å². The van der Waals surface area contributed by atoms with E-state index in [2.05, 4.69) is 11.8 Å². The molecule has 4 heteroatoms. The fraction of sp³-hybridized carbons (Fsp3) is 0.176. The van der Waals surface area contributed by atoms with E-state index in [4.69, 9.17) is 10.5 Å². The summed E-state index contributed by atoms with van der Waals surface area (Å²) < 4.78 is 19.1. The number of nitrogens with two attached hydrogens (primary N) is 1. The first-order valence-electron chi connectivity index (χ1n) is 6.47. The number of hydrogen-bond donors (Lipinski definition) is 1. The SMILES string of the molecule is CSc1ccccc1OCc1ccc(F)cc1C#CCN. The lowest BCUT2D eigenvalue weighted by Gasteiger charge is -2.11.